The van der Waals surface area contributed by atoms with E-state index in [4.69, 9.17) is 0 Å². The third kappa shape index (κ3) is 3.63. The van der Waals surface area contributed by atoms with E-state index < -0.39 is 0 Å². The average molecular weight is 355 g/mol. The zero-order valence-electron chi connectivity index (χ0n) is 15.3. The van der Waals surface area contributed by atoms with Crippen molar-refractivity contribution in [1.82, 2.24) is 4.90 Å². The Kier molecular flexibility index (Phi) is 5.25. The lowest BCUT2D eigenvalue weighted by Gasteiger charge is -2.43. The maximum Gasteiger partial charge on any atom is 0.292 e. The first-order valence-electron chi connectivity index (χ1n) is 10.2. The van der Waals surface area contributed by atoms with Crippen LogP contribution in [0.2, 0.25) is 0 Å². The summed E-state index contributed by atoms with van der Waals surface area (Å²) in [7, 11) is 0. The van der Waals surface area contributed by atoms with Gasteiger partial charge in [0.25, 0.3) is 5.69 Å². The summed E-state index contributed by atoms with van der Waals surface area (Å²) in [6.07, 6.45) is 16.1. The lowest BCUT2D eigenvalue weighted by atomic mass is 9.92. The number of nitro benzene ring substituents is 1. The number of allylic oxidation sites excluding steroid dienone is 1. The molecular formula is C21H29N3O2. The number of para-hydroxylation sites is 2. The molecule has 2 heterocycles. The van der Waals surface area contributed by atoms with Gasteiger partial charge in [-0.25, -0.2) is 0 Å². The predicted molar refractivity (Wildman–Crippen MR) is 104 cm³/mol. The molecule has 2 saturated heterocycles. The van der Waals surface area contributed by atoms with E-state index in [-0.39, 0.29) is 10.6 Å². The summed E-state index contributed by atoms with van der Waals surface area (Å²) in [6.45, 7) is 0. The molecule has 1 aromatic carbocycles. The van der Waals surface area contributed by atoms with Gasteiger partial charge in [-0.05, 0) is 51.0 Å². The lowest BCUT2D eigenvalue weighted by Crippen LogP contribution is -2.51. The summed E-state index contributed by atoms with van der Waals surface area (Å²) >= 11 is 0. The van der Waals surface area contributed by atoms with Crippen molar-refractivity contribution in [2.24, 2.45) is 0 Å². The van der Waals surface area contributed by atoms with Gasteiger partial charge in [-0.1, -0.05) is 37.1 Å². The van der Waals surface area contributed by atoms with Gasteiger partial charge >= 0.3 is 0 Å². The topological polar surface area (TPSA) is 58.4 Å². The second kappa shape index (κ2) is 7.78. The maximum absolute atomic E-state index is 11.3. The van der Waals surface area contributed by atoms with Crippen LogP contribution in [0.15, 0.2) is 36.4 Å². The molecule has 4 atom stereocenters. The van der Waals surface area contributed by atoms with Crippen molar-refractivity contribution in [3.63, 3.8) is 0 Å². The molecular weight excluding hydrogens is 326 g/mol. The number of nitro groups is 1. The molecule has 2 unspecified atom stereocenters. The first kappa shape index (κ1) is 17.5. The molecule has 1 aliphatic carbocycles. The number of hydrogen-bond donors (Lipinski definition) is 1. The quantitative estimate of drug-likeness (QED) is 0.474. The number of nitrogens with one attached hydrogen (secondary N) is 1. The highest BCUT2D eigenvalue weighted by Gasteiger charge is 2.43. The van der Waals surface area contributed by atoms with Gasteiger partial charge in [-0.2, -0.15) is 0 Å². The Hall–Kier alpha value is -1.88. The van der Waals surface area contributed by atoms with Crippen molar-refractivity contribution >= 4 is 11.4 Å². The fourth-order valence-electron chi connectivity index (χ4n) is 5.24. The molecule has 3 aliphatic rings. The third-order valence-corrected chi connectivity index (χ3v) is 6.36. The first-order chi connectivity index (χ1) is 12.7. The van der Waals surface area contributed by atoms with Crippen LogP contribution >= 0.6 is 0 Å². The van der Waals surface area contributed by atoms with Gasteiger partial charge in [0.15, 0.2) is 0 Å². The van der Waals surface area contributed by atoms with E-state index in [9.17, 15) is 10.1 Å². The molecule has 5 nitrogen and oxygen atoms in total. The largest absolute Gasteiger partial charge is 0.377 e. The van der Waals surface area contributed by atoms with Crippen molar-refractivity contribution in [2.75, 3.05) is 5.32 Å². The van der Waals surface area contributed by atoms with Gasteiger partial charge in [-0.15, -0.1) is 0 Å². The van der Waals surface area contributed by atoms with Gasteiger partial charge in [0.1, 0.15) is 5.69 Å². The van der Waals surface area contributed by atoms with Crippen molar-refractivity contribution in [3.8, 4) is 0 Å². The third-order valence-electron chi connectivity index (χ3n) is 6.36. The van der Waals surface area contributed by atoms with Gasteiger partial charge in [0, 0.05) is 30.2 Å². The number of nitrogens with zero attached hydrogens (tertiary/aromatic N) is 2. The van der Waals surface area contributed by atoms with Crippen LogP contribution in [0.4, 0.5) is 11.4 Å². The van der Waals surface area contributed by atoms with Crippen LogP contribution in [0, 0.1) is 10.1 Å². The lowest BCUT2D eigenvalue weighted by molar-refractivity contribution is -0.384. The average Bonchev–Trinajstić information content (AvgIpc) is 2.86. The Labute approximate surface area is 155 Å². The molecule has 1 N–H and O–H groups in total. The molecule has 2 aliphatic heterocycles. The van der Waals surface area contributed by atoms with Crippen LogP contribution in [0.25, 0.3) is 0 Å². The summed E-state index contributed by atoms with van der Waals surface area (Å²) in [6, 6.07) is 9.19. The van der Waals surface area contributed by atoms with Crippen LogP contribution in [0.5, 0.6) is 0 Å². The molecule has 5 heteroatoms. The van der Waals surface area contributed by atoms with Crippen LogP contribution in [0.1, 0.15) is 57.8 Å². The van der Waals surface area contributed by atoms with Crippen molar-refractivity contribution in [3.05, 3.63) is 46.5 Å². The Balaban J connectivity index is 1.45. The van der Waals surface area contributed by atoms with Gasteiger partial charge in [0.2, 0.25) is 0 Å². The van der Waals surface area contributed by atoms with E-state index in [2.05, 4.69) is 22.4 Å². The second-order valence-corrected chi connectivity index (χ2v) is 8.05. The van der Waals surface area contributed by atoms with Crippen LogP contribution in [-0.2, 0) is 0 Å². The molecule has 4 rings (SSSR count). The smallest absolute Gasteiger partial charge is 0.292 e. The molecule has 2 bridgehead atoms. The molecule has 1 aromatic rings. The molecule has 0 spiro atoms. The number of anilines is 1. The van der Waals surface area contributed by atoms with E-state index in [0.717, 1.165) is 12.8 Å². The maximum atomic E-state index is 11.3. The molecule has 26 heavy (non-hydrogen) atoms. The van der Waals surface area contributed by atoms with Crippen LogP contribution < -0.4 is 5.32 Å². The Bertz CT molecular complexity index is 661. The summed E-state index contributed by atoms with van der Waals surface area (Å²) in [5.41, 5.74) is 0.853. The second-order valence-electron chi connectivity index (χ2n) is 8.05. The Morgan fingerprint density at radius 2 is 1.81 bits per heavy atom. The van der Waals surface area contributed by atoms with Crippen molar-refractivity contribution in [1.29, 1.82) is 0 Å². The molecule has 140 valence electrons. The van der Waals surface area contributed by atoms with Crippen LogP contribution in [-0.4, -0.2) is 34.0 Å². The van der Waals surface area contributed by atoms with E-state index in [1.165, 1.54) is 44.9 Å². The summed E-state index contributed by atoms with van der Waals surface area (Å²) in [4.78, 5) is 13.8. The van der Waals surface area contributed by atoms with Gasteiger partial charge in [0.05, 0.1) is 4.92 Å². The minimum Gasteiger partial charge on any atom is -0.377 e. The first-order valence-corrected chi connectivity index (χ1v) is 10.2. The highest BCUT2D eigenvalue weighted by Crippen LogP contribution is 2.40. The number of benzene rings is 1. The Morgan fingerprint density at radius 1 is 1.04 bits per heavy atom. The number of fused-ring (bicyclic) bond motifs is 2. The normalized spacial score (nSPS) is 33.2. The standard InChI is InChI=1S/C21H29N3O2/c25-24(26)21-11-7-6-10-20(21)22-16-14-18-12-13-19(15-16)23(18)17-8-4-2-1-3-5-9-17/h4,6-8,10-11,16-19,22H,1-3,5,9,12-15H2/b8-4-/t16?,17?,18-,19+. The summed E-state index contributed by atoms with van der Waals surface area (Å²) in [5, 5.41) is 14.8. The van der Waals surface area contributed by atoms with Gasteiger partial charge < -0.3 is 5.32 Å². The van der Waals surface area contributed by atoms with E-state index in [1.807, 2.05) is 12.1 Å². The molecule has 0 saturated carbocycles. The zero-order valence-corrected chi connectivity index (χ0v) is 15.3. The molecule has 0 amide bonds. The van der Waals surface area contributed by atoms with Crippen LogP contribution in [0.3, 0.4) is 0 Å². The van der Waals surface area contributed by atoms with Gasteiger partial charge in [-0.3, -0.25) is 15.0 Å². The summed E-state index contributed by atoms with van der Waals surface area (Å²) in [5.74, 6) is 0. The minimum atomic E-state index is -0.286. The van der Waals surface area contributed by atoms with Crippen molar-refractivity contribution in [2.45, 2.75) is 82.0 Å². The highest BCUT2D eigenvalue weighted by molar-refractivity contribution is 5.61. The van der Waals surface area contributed by atoms with E-state index in [0.29, 0.717) is 29.9 Å². The number of hydrogen-bond acceptors (Lipinski definition) is 4. The zero-order chi connectivity index (χ0) is 17.9. The van der Waals surface area contributed by atoms with E-state index >= 15 is 0 Å². The fraction of sp³-hybridized carbons (Fsp3) is 0.619. The predicted octanol–water partition coefficient (Wildman–Crippen LogP) is 4.89. The molecule has 0 radical (unpaired) electrons. The number of piperidine rings is 1. The molecule has 2 fully saturated rings. The molecule has 0 aromatic heterocycles. The number of rotatable bonds is 4. The SMILES string of the molecule is O=[N+]([O-])c1ccccc1NC1C[C@H]2CC[C@@H](C1)N2C1/C=C\CCCCC1. The monoisotopic (exact) mass is 355 g/mol. The van der Waals surface area contributed by atoms with E-state index in [1.54, 1.807) is 12.1 Å². The summed E-state index contributed by atoms with van der Waals surface area (Å²) < 4.78 is 0. The Morgan fingerprint density at radius 3 is 2.58 bits per heavy atom. The fourth-order valence-corrected chi connectivity index (χ4v) is 5.24. The van der Waals surface area contributed by atoms with Crippen molar-refractivity contribution < 1.29 is 4.92 Å². The minimum absolute atomic E-state index is 0.185. The highest BCUT2D eigenvalue weighted by atomic mass is 16.6.